The Bertz CT molecular complexity index is 1470. The van der Waals surface area contributed by atoms with Crippen molar-refractivity contribution in [1.82, 2.24) is 9.62 Å². The molecule has 9 nitrogen and oxygen atoms in total. The fraction of sp³-hybridized carbons (Fsp3) is 0.192. The monoisotopic (exact) mass is 607 g/mol. The summed E-state index contributed by atoms with van der Waals surface area (Å²) in [5.41, 5.74) is 1.14. The Morgan fingerprint density at radius 3 is 2.23 bits per heavy atom. The Morgan fingerprint density at radius 2 is 1.62 bits per heavy atom. The number of benzene rings is 3. The molecule has 0 bridgehead atoms. The molecule has 1 heterocycles. The van der Waals surface area contributed by atoms with Crippen molar-refractivity contribution >= 4 is 68.5 Å². The first-order valence-corrected chi connectivity index (χ1v) is 14.9. The van der Waals surface area contributed by atoms with Crippen LogP contribution in [-0.4, -0.2) is 59.3 Å². The number of anilines is 1. The Hall–Kier alpha value is -3.09. The molecular weight excluding hydrogens is 585 g/mol. The number of hydrogen-bond donors (Lipinski definition) is 3. The molecule has 1 aliphatic heterocycles. The molecule has 3 N–H and O–H groups in total. The number of amides is 2. The molecule has 3 aromatic carbocycles. The zero-order valence-corrected chi connectivity index (χ0v) is 23.4. The summed E-state index contributed by atoms with van der Waals surface area (Å²) in [5.74, 6) is -2.17. The number of carboxylic acid groups (broad SMARTS) is 1. The van der Waals surface area contributed by atoms with Gasteiger partial charge in [-0.15, -0.1) is 11.8 Å². The van der Waals surface area contributed by atoms with E-state index in [0.29, 0.717) is 11.3 Å². The van der Waals surface area contributed by atoms with Crippen LogP contribution in [0.5, 0.6) is 0 Å². The summed E-state index contributed by atoms with van der Waals surface area (Å²) in [6, 6.07) is 16.5. The Kier molecular flexibility index (Phi) is 9.19. The minimum Gasteiger partial charge on any atom is -0.480 e. The van der Waals surface area contributed by atoms with Gasteiger partial charge in [0.05, 0.1) is 26.4 Å². The number of carbonyl (C=O) groups excluding carboxylic acids is 2. The average Bonchev–Trinajstić information content (AvgIpc) is 3.41. The number of hydrogen-bond acceptors (Lipinski definition) is 6. The van der Waals surface area contributed by atoms with Crippen LogP contribution in [0.15, 0.2) is 77.7 Å². The summed E-state index contributed by atoms with van der Waals surface area (Å²) in [4.78, 5) is 37.6. The molecule has 0 radical (unpaired) electrons. The van der Waals surface area contributed by atoms with E-state index in [1.165, 1.54) is 23.9 Å². The molecule has 13 heteroatoms. The fourth-order valence-electron chi connectivity index (χ4n) is 3.93. The molecule has 1 saturated heterocycles. The van der Waals surface area contributed by atoms with Crippen LogP contribution in [-0.2, 0) is 26.0 Å². The maximum Gasteiger partial charge on any atom is 0.326 e. The van der Waals surface area contributed by atoms with E-state index in [-0.39, 0.29) is 38.6 Å². The number of thioether (sulfide) groups is 1. The van der Waals surface area contributed by atoms with E-state index in [0.717, 1.165) is 4.31 Å². The van der Waals surface area contributed by atoms with Crippen molar-refractivity contribution < 1.29 is 27.9 Å². The minimum atomic E-state index is -3.93. The van der Waals surface area contributed by atoms with Crippen LogP contribution in [0.2, 0.25) is 10.0 Å². The van der Waals surface area contributed by atoms with Crippen LogP contribution in [0.3, 0.4) is 0 Å². The average molecular weight is 609 g/mol. The Labute approximate surface area is 239 Å². The SMILES string of the molecule is O=C(Nc1ccc(C[C@H](NC(=O)[C@H]2CSCN2S(=O)(=O)c2ccccc2)C(=O)O)cc1)c1c(Cl)cccc1Cl. The standard InChI is InChI=1S/C26H23Cl2N3O6S2/c27-19-7-4-8-20(28)23(19)25(33)29-17-11-9-16(10-12-17)13-21(26(34)35)30-24(32)22-14-38-15-31(22)39(36,37)18-5-2-1-3-6-18/h1-12,21-22H,13-15H2,(H,29,33)(H,30,32)(H,34,35)/t21-,22+/m0/s1. The lowest BCUT2D eigenvalue weighted by Gasteiger charge is -2.24. The summed E-state index contributed by atoms with van der Waals surface area (Å²) < 4.78 is 27.2. The quantitative estimate of drug-likeness (QED) is 0.333. The first-order chi connectivity index (χ1) is 18.6. The van der Waals surface area contributed by atoms with Crippen molar-refractivity contribution in [3.05, 3.63) is 94.0 Å². The van der Waals surface area contributed by atoms with Gasteiger partial charge in [0.2, 0.25) is 15.9 Å². The number of nitrogens with one attached hydrogen (secondary N) is 2. The third-order valence-corrected chi connectivity index (χ3v) is 9.62. The van der Waals surface area contributed by atoms with Gasteiger partial charge in [0.15, 0.2) is 0 Å². The molecule has 204 valence electrons. The maximum atomic E-state index is 13.1. The molecule has 2 atom stereocenters. The van der Waals surface area contributed by atoms with Crippen molar-refractivity contribution in [2.45, 2.75) is 23.4 Å². The van der Waals surface area contributed by atoms with E-state index in [4.69, 9.17) is 23.2 Å². The van der Waals surface area contributed by atoms with Crippen molar-refractivity contribution in [3.63, 3.8) is 0 Å². The van der Waals surface area contributed by atoms with E-state index in [2.05, 4.69) is 10.6 Å². The van der Waals surface area contributed by atoms with Gasteiger partial charge < -0.3 is 15.7 Å². The number of halogens is 2. The molecule has 1 fully saturated rings. The molecule has 3 aromatic rings. The zero-order valence-electron chi connectivity index (χ0n) is 20.2. The third-order valence-electron chi connectivity index (χ3n) is 5.95. The summed E-state index contributed by atoms with van der Waals surface area (Å²) in [5, 5.41) is 15.3. The number of aliphatic carboxylic acids is 1. The second-order valence-corrected chi connectivity index (χ2v) is 12.3. The normalized spacial score (nSPS) is 16.4. The largest absolute Gasteiger partial charge is 0.480 e. The van der Waals surface area contributed by atoms with Gasteiger partial charge in [-0.1, -0.05) is 59.6 Å². The topological polar surface area (TPSA) is 133 Å². The molecule has 0 aromatic heterocycles. The van der Waals surface area contributed by atoms with Gasteiger partial charge in [-0.05, 0) is 42.0 Å². The highest BCUT2D eigenvalue weighted by atomic mass is 35.5. The lowest BCUT2D eigenvalue weighted by Crippen LogP contribution is -2.52. The third kappa shape index (κ3) is 6.74. The summed E-state index contributed by atoms with van der Waals surface area (Å²) in [6.45, 7) is 0. The van der Waals surface area contributed by atoms with Crippen LogP contribution >= 0.6 is 35.0 Å². The van der Waals surface area contributed by atoms with Gasteiger partial charge in [0.1, 0.15) is 12.1 Å². The number of carbonyl (C=O) groups is 3. The first-order valence-electron chi connectivity index (χ1n) is 11.6. The molecule has 0 saturated carbocycles. The van der Waals surface area contributed by atoms with Gasteiger partial charge in [-0.25, -0.2) is 13.2 Å². The van der Waals surface area contributed by atoms with Crippen LogP contribution in [0.1, 0.15) is 15.9 Å². The molecule has 39 heavy (non-hydrogen) atoms. The second-order valence-electron chi connectivity index (χ2n) is 8.57. The Balaban J connectivity index is 1.42. The van der Waals surface area contributed by atoms with Crippen LogP contribution in [0, 0.1) is 0 Å². The smallest absolute Gasteiger partial charge is 0.326 e. The highest BCUT2D eigenvalue weighted by molar-refractivity contribution is 8.00. The number of rotatable bonds is 9. The van der Waals surface area contributed by atoms with Gasteiger partial charge in [-0.2, -0.15) is 4.31 Å². The predicted octanol–water partition coefficient (Wildman–Crippen LogP) is 4.12. The van der Waals surface area contributed by atoms with E-state index >= 15 is 0 Å². The Morgan fingerprint density at radius 1 is 0.974 bits per heavy atom. The fourth-order valence-corrected chi connectivity index (χ4v) is 7.67. The van der Waals surface area contributed by atoms with Crippen LogP contribution < -0.4 is 10.6 Å². The molecule has 0 unspecified atom stereocenters. The van der Waals surface area contributed by atoms with Gasteiger partial charge in [0, 0.05) is 17.9 Å². The molecule has 4 rings (SSSR count). The predicted molar refractivity (Wildman–Crippen MR) is 151 cm³/mol. The molecule has 1 aliphatic rings. The van der Waals surface area contributed by atoms with Crippen molar-refractivity contribution in [2.24, 2.45) is 0 Å². The minimum absolute atomic E-state index is 0.0586. The van der Waals surface area contributed by atoms with E-state index in [1.54, 1.807) is 60.7 Å². The number of nitrogens with zero attached hydrogens (tertiary/aromatic N) is 1. The first kappa shape index (κ1) is 28.9. The van der Waals surface area contributed by atoms with E-state index in [9.17, 15) is 27.9 Å². The van der Waals surface area contributed by atoms with E-state index in [1.807, 2.05) is 0 Å². The van der Waals surface area contributed by atoms with Gasteiger partial charge in [0.25, 0.3) is 5.91 Å². The summed E-state index contributed by atoms with van der Waals surface area (Å²) >= 11 is 13.4. The van der Waals surface area contributed by atoms with Crippen molar-refractivity contribution in [3.8, 4) is 0 Å². The molecule has 0 aliphatic carbocycles. The summed E-state index contributed by atoms with van der Waals surface area (Å²) in [6.07, 6.45) is -0.0586. The maximum absolute atomic E-state index is 13.1. The van der Waals surface area contributed by atoms with Gasteiger partial charge in [-0.3, -0.25) is 9.59 Å². The van der Waals surface area contributed by atoms with Gasteiger partial charge >= 0.3 is 5.97 Å². The highest BCUT2D eigenvalue weighted by Gasteiger charge is 2.41. The highest BCUT2D eigenvalue weighted by Crippen LogP contribution is 2.29. The number of carboxylic acids is 1. The van der Waals surface area contributed by atoms with Crippen LogP contribution in [0.25, 0.3) is 0 Å². The lowest BCUT2D eigenvalue weighted by molar-refractivity contribution is -0.142. The zero-order chi connectivity index (χ0) is 28.2. The lowest BCUT2D eigenvalue weighted by atomic mass is 10.0. The molecule has 0 spiro atoms. The number of sulfonamides is 1. The van der Waals surface area contributed by atoms with Crippen molar-refractivity contribution in [2.75, 3.05) is 16.9 Å². The summed E-state index contributed by atoms with van der Waals surface area (Å²) in [7, 11) is -3.93. The molecular formula is C26H23Cl2N3O6S2. The second kappa shape index (κ2) is 12.4. The van der Waals surface area contributed by atoms with Crippen molar-refractivity contribution in [1.29, 1.82) is 0 Å². The molecule has 2 amide bonds. The van der Waals surface area contributed by atoms with Crippen LogP contribution in [0.4, 0.5) is 5.69 Å². The van der Waals surface area contributed by atoms with E-state index < -0.39 is 39.9 Å².